The van der Waals surface area contributed by atoms with Crippen LogP contribution in [0.4, 0.5) is 0 Å². The summed E-state index contributed by atoms with van der Waals surface area (Å²) in [5.41, 5.74) is 7.93. The maximum Gasteiger partial charge on any atom is 0.253 e. The summed E-state index contributed by atoms with van der Waals surface area (Å²) in [5, 5.41) is 7.71. The van der Waals surface area contributed by atoms with Gasteiger partial charge in [-0.1, -0.05) is 6.08 Å². The largest absolute Gasteiger partial charge is 0.380 e. The highest BCUT2D eigenvalue weighted by Crippen LogP contribution is 2.42. The SMILES string of the molecule is C=CC1NN=CC1C1=CNC(c2ccc[nH]c2=O)C2=C1CCCC2. The third kappa shape index (κ3) is 2.40. The van der Waals surface area contributed by atoms with Crippen LogP contribution >= 0.6 is 0 Å². The van der Waals surface area contributed by atoms with Gasteiger partial charge in [0.05, 0.1) is 12.1 Å². The summed E-state index contributed by atoms with van der Waals surface area (Å²) in [6.07, 6.45) is 12.1. The Morgan fingerprint density at radius 1 is 1.29 bits per heavy atom. The van der Waals surface area contributed by atoms with E-state index in [1.165, 1.54) is 29.6 Å². The van der Waals surface area contributed by atoms with Crippen molar-refractivity contribution in [2.24, 2.45) is 11.0 Å². The number of allylic oxidation sites excluding steroid dienone is 1. The van der Waals surface area contributed by atoms with Crippen molar-refractivity contribution in [2.75, 3.05) is 0 Å². The molecule has 0 amide bonds. The van der Waals surface area contributed by atoms with Crippen molar-refractivity contribution in [1.82, 2.24) is 15.7 Å². The number of nitrogens with one attached hydrogen (secondary N) is 3. The molecule has 0 aromatic carbocycles. The van der Waals surface area contributed by atoms with Crippen LogP contribution in [-0.4, -0.2) is 17.2 Å². The Hall–Kier alpha value is -2.56. The fourth-order valence-corrected chi connectivity index (χ4v) is 4.03. The molecule has 0 radical (unpaired) electrons. The number of nitrogens with zero attached hydrogens (tertiary/aromatic N) is 1. The van der Waals surface area contributed by atoms with Crippen molar-refractivity contribution in [3.8, 4) is 0 Å². The average molecular weight is 322 g/mol. The molecule has 3 aliphatic rings. The number of dihydropyridines is 1. The predicted octanol–water partition coefficient (Wildman–Crippen LogP) is 2.53. The smallest absolute Gasteiger partial charge is 0.253 e. The molecular formula is C19H22N4O. The summed E-state index contributed by atoms with van der Waals surface area (Å²) in [4.78, 5) is 15.0. The van der Waals surface area contributed by atoms with Crippen LogP contribution in [0, 0.1) is 5.92 Å². The Morgan fingerprint density at radius 2 is 2.17 bits per heavy atom. The third-order valence-electron chi connectivity index (χ3n) is 5.23. The Labute approximate surface area is 141 Å². The van der Waals surface area contributed by atoms with E-state index in [1.807, 2.05) is 24.4 Å². The Morgan fingerprint density at radius 3 is 3.00 bits per heavy atom. The minimum Gasteiger partial charge on any atom is -0.380 e. The molecule has 0 fully saturated rings. The van der Waals surface area contributed by atoms with Gasteiger partial charge in [-0.05, 0) is 54.5 Å². The van der Waals surface area contributed by atoms with E-state index < -0.39 is 0 Å². The molecule has 3 heterocycles. The van der Waals surface area contributed by atoms with E-state index in [0.717, 1.165) is 18.4 Å². The molecule has 0 spiro atoms. The molecule has 1 aliphatic carbocycles. The molecule has 5 nitrogen and oxygen atoms in total. The number of hydrazone groups is 1. The maximum atomic E-state index is 12.2. The molecular weight excluding hydrogens is 300 g/mol. The van der Waals surface area contributed by atoms with E-state index in [9.17, 15) is 4.79 Å². The molecule has 124 valence electrons. The van der Waals surface area contributed by atoms with Crippen LogP contribution in [0.25, 0.3) is 0 Å². The first-order valence-electron chi connectivity index (χ1n) is 8.57. The number of aromatic amines is 1. The zero-order chi connectivity index (χ0) is 16.5. The number of pyridine rings is 1. The molecule has 2 aliphatic heterocycles. The molecule has 3 unspecified atom stereocenters. The quantitative estimate of drug-likeness (QED) is 0.749. The number of hydrogen-bond donors (Lipinski definition) is 3. The van der Waals surface area contributed by atoms with Gasteiger partial charge in [-0.3, -0.25) is 4.79 Å². The molecule has 0 saturated carbocycles. The van der Waals surface area contributed by atoms with E-state index in [2.05, 4.69) is 33.6 Å². The molecule has 3 atom stereocenters. The lowest BCUT2D eigenvalue weighted by Gasteiger charge is -2.35. The van der Waals surface area contributed by atoms with Gasteiger partial charge in [0.1, 0.15) is 0 Å². The normalized spacial score (nSPS) is 28.7. The Kier molecular flexibility index (Phi) is 3.84. The van der Waals surface area contributed by atoms with Gasteiger partial charge in [0.15, 0.2) is 0 Å². The van der Waals surface area contributed by atoms with Crippen molar-refractivity contribution in [3.05, 3.63) is 69.8 Å². The zero-order valence-electron chi connectivity index (χ0n) is 13.6. The van der Waals surface area contributed by atoms with Crippen LogP contribution in [0.5, 0.6) is 0 Å². The van der Waals surface area contributed by atoms with Gasteiger partial charge >= 0.3 is 0 Å². The van der Waals surface area contributed by atoms with Gasteiger partial charge in [-0.25, -0.2) is 0 Å². The summed E-state index contributed by atoms with van der Waals surface area (Å²) in [6.45, 7) is 3.91. The summed E-state index contributed by atoms with van der Waals surface area (Å²) in [7, 11) is 0. The van der Waals surface area contributed by atoms with Crippen LogP contribution in [-0.2, 0) is 0 Å². The fraction of sp³-hybridized carbons (Fsp3) is 0.368. The second-order valence-electron chi connectivity index (χ2n) is 6.56. The second kappa shape index (κ2) is 6.15. The standard InChI is InChI=1S/C19H22N4O/c1-2-17-16(11-22-23-17)15-10-21-18(13-7-4-3-6-12(13)15)14-8-5-9-20-19(14)24/h2,5,8-11,16-18,21,23H,1,3-4,6-7H2,(H,20,24). The topological polar surface area (TPSA) is 69.3 Å². The summed E-state index contributed by atoms with van der Waals surface area (Å²) in [6, 6.07) is 3.91. The van der Waals surface area contributed by atoms with Crippen LogP contribution in [0.15, 0.2) is 63.8 Å². The van der Waals surface area contributed by atoms with E-state index in [0.29, 0.717) is 0 Å². The molecule has 5 heteroatoms. The highest BCUT2D eigenvalue weighted by atomic mass is 16.1. The fourth-order valence-electron chi connectivity index (χ4n) is 4.03. The first-order valence-corrected chi connectivity index (χ1v) is 8.57. The Bertz CT molecular complexity index is 802. The van der Waals surface area contributed by atoms with Gasteiger partial charge in [-0.15, -0.1) is 6.58 Å². The monoisotopic (exact) mass is 322 g/mol. The van der Waals surface area contributed by atoms with E-state index >= 15 is 0 Å². The number of aromatic nitrogens is 1. The van der Waals surface area contributed by atoms with Gasteiger partial charge < -0.3 is 15.7 Å². The minimum absolute atomic E-state index is 0.0164. The van der Waals surface area contributed by atoms with Crippen LogP contribution in [0.1, 0.15) is 37.3 Å². The van der Waals surface area contributed by atoms with Gasteiger partial charge in [-0.2, -0.15) is 5.10 Å². The highest BCUT2D eigenvalue weighted by molar-refractivity contribution is 5.72. The maximum absolute atomic E-state index is 12.2. The first-order chi connectivity index (χ1) is 11.8. The van der Waals surface area contributed by atoms with Gasteiger partial charge in [0, 0.05) is 30.1 Å². The summed E-state index contributed by atoms with van der Waals surface area (Å²) < 4.78 is 0. The summed E-state index contributed by atoms with van der Waals surface area (Å²) in [5.74, 6) is 0.202. The van der Waals surface area contributed by atoms with Crippen LogP contribution in [0.3, 0.4) is 0 Å². The highest BCUT2D eigenvalue weighted by Gasteiger charge is 2.34. The van der Waals surface area contributed by atoms with Gasteiger partial charge in [0.25, 0.3) is 5.56 Å². The minimum atomic E-state index is -0.0255. The van der Waals surface area contributed by atoms with Crippen molar-refractivity contribution in [1.29, 1.82) is 0 Å². The second-order valence-corrected chi connectivity index (χ2v) is 6.56. The number of hydrogen-bond acceptors (Lipinski definition) is 4. The Balaban J connectivity index is 1.75. The molecule has 1 aromatic heterocycles. The van der Waals surface area contributed by atoms with E-state index in [-0.39, 0.29) is 23.6 Å². The molecule has 3 N–H and O–H groups in total. The molecule has 0 bridgehead atoms. The zero-order valence-corrected chi connectivity index (χ0v) is 13.6. The lowest BCUT2D eigenvalue weighted by molar-refractivity contribution is 0.542. The van der Waals surface area contributed by atoms with Crippen molar-refractivity contribution in [3.63, 3.8) is 0 Å². The number of rotatable bonds is 3. The lowest BCUT2D eigenvalue weighted by Crippen LogP contribution is -2.34. The van der Waals surface area contributed by atoms with E-state index in [1.54, 1.807) is 6.20 Å². The molecule has 0 saturated heterocycles. The molecule has 24 heavy (non-hydrogen) atoms. The van der Waals surface area contributed by atoms with E-state index in [4.69, 9.17) is 0 Å². The van der Waals surface area contributed by atoms with Crippen molar-refractivity contribution >= 4 is 6.21 Å². The molecule has 4 rings (SSSR count). The van der Waals surface area contributed by atoms with Crippen molar-refractivity contribution in [2.45, 2.75) is 37.8 Å². The third-order valence-corrected chi connectivity index (χ3v) is 5.23. The van der Waals surface area contributed by atoms with Gasteiger partial charge in [0.2, 0.25) is 0 Å². The average Bonchev–Trinajstić information content (AvgIpc) is 3.10. The lowest BCUT2D eigenvalue weighted by atomic mass is 9.76. The van der Waals surface area contributed by atoms with Crippen LogP contribution in [0.2, 0.25) is 0 Å². The van der Waals surface area contributed by atoms with Crippen molar-refractivity contribution < 1.29 is 0 Å². The predicted molar refractivity (Wildman–Crippen MR) is 95.6 cm³/mol. The first kappa shape index (κ1) is 15.0. The number of H-pyrrole nitrogens is 1. The molecule has 1 aromatic rings. The summed E-state index contributed by atoms with van der Waals surface area (Å²) >= 11 is 0. The van der Waals surface area contributed by atoms with Crippen LogP contribution < -0.4 is 16.3 Å².